The zero-order chi connectivity index (χ0) is 26.7. The topological polar surface area (TPSA) is 163 Å². The monoisotopic (exact) mass is 508 g/mol. The van der Waals surface area contributed by atoms with E-state index in [4.69, 9.17) is 9.47 Å². The van der Waals surface area contributed by atoms with Crippen LogP contribution < -0.4 is 20.1 Å². The third kappa shape index (κ3) is 5.50. The number of fused-ring (bicyclic) bond motifs is 1. The van der Waals surface area contributed by atoms with Gasteiger partial charge in [0.2, 0.25) is 18.6 Å². The number of nitrogens with zero attached hydrogens (tertiary/aromatic N) is 1. The molecule has 3 heterocycles. The molecule has 1 aromatic carbocycles. The van der Waals surface area contributed by atoms with Gasteiger partial charge in [-0.3, -0.25) is 24.4 Å². The zero-order valence-corrected chi connectivity index (χ0v) is 20.6. The van der Waals surface area contributed by atoms with Crippen molar-refractivity contribution in [2.24, 2.45) is 5.92 Å². The van der Waals surface area contributed by atoms with Gasteiger partial charge in [0.15, 0.2) is 23.2 Å². The van der Waals surface area contributed by atoms with E-state index in [0.717, 1.165) is 0 Å². The SMILES string of the molecule is Cc1c(O)[nH]c(O)c1C(=O)[C@H](NC(=O)CC(NC(=O)c1ccccn1)c1ccc2c(c1)OCO2)C(C)C. The predicted octanol–water partition coefficient (Wildman–Crippen LogP) is 2.74. The number of Topliss-reactive ketones (excluding diaryl/α,β-unsaturated/α-hetero) is 1. The summed E-state index contributed by atoms with van der Waals surface area (Å²) in [4.78, 5) is 45.7. The van der Waals surface area contributed by atoms with Gasteiger partial charge in [0, 0.05) is 11.8 Å². The van der Waals surface area contributed by atoms with Crippen LogP contribution >= 0.6 is 0 Å². The number of H-pyrrole nitrogens is 1. The second-order valence-electron chi connectivity index (χ2n) is 9.03. The summed E-state index contributed by atoms with van der Waals surface area (Å²) in [5.41, 5.74) is 0.873. The number of hydrogen-bond donors (Lipinski definition) is 5. The molecule has 2 amide bonds. The maximum Gasteiger partial charge on any atom is 0.270 e. The minimum Gasteiger partial charge on any atom is -0.494 e. The fraction of sp³-hybridized carbons (Fsp3) is 0.308. The molecule has 37 heavy (non-hydrogen) atoms. The molecule has 0 fully saturated rings. The summed E-state index contributed by atoms with van der Waals surface area (Å²) in [6.45, 7) is 5.06. The van der Waals surface area contributed by atoms with E-state index in [1.807, 2.05) is 0 Å². The Kier molecular flexibility index (Phi) is 7.32. The number of nitrogens with one attached hydrogen (secondary N) is 3. The van der Waals surface area contributed by atoms with Gasteiger partial charge >= 0.3 is 0 Å². The van der Waals surface area contributed by atoms with Crippen molar-refractivity contribution in [2.45, 2.75) is 39.3 Å². The first kappa shape index (κ1) is 25.5. The number of aromatic nitrogens is 2. The number of carbonyl (C=O) groups is 3. The summed E-state index contributed by atoms with van der Waals surface area (Å²) in [6.07, 6.45) is 1.30. The van der Waals surface area contributed by atoms with E-state index in [1.54, 1.807) is 50.2 Å². The Morgan fingerprint density at radius 1 is 1.05 bits per heavy atom. The van der Waals surface area contributed by atoms with Crippen molar-refractivity contribution in [2.75, 3.05) is 6.79 Å². The van der Waals surface area contributed by atoms with Gasteiger partial charge in [-0.15, -0.1) is 0 Å². The maximum atomic E-state index is 13.2. The van der Waals surface area contributed by atoms with E-state index in [2.05, 4.69) is 20.6 Å². The number of amides is 2. The molecule has 0 bridgehead atoms. The number of carbonyl (C=O) groups excluding carboxylic acids is 3. The molecule has 0 spiro atoms. The Hall–Kier alpha value is -4.54. The second-order valence-corrected chi connectivity index (χ2v) is 9.03. The van der Waals surface area contributed by atoms with E-state index < -0.39 is 35.6 Å². The summed E-state index contributed by atoms with van der Waals surface area (Å²) >= 11 is 0. The van der Waals surface area contributed by atoms with Crippen LogP contribution in [0.15, 0.2) is 42.6 Å². The lowest BCUT2D eigenvalue weighted by molar-refractivity contribution is -0.122. The van der Waals surface area contributed by atoms with Crippen molar-refractivity contribution in [3.05, 3.63) is 65.0 Å². The van der Waals surface area contributed by atoms with Gasteiger partial charge in [-0.1, -0.05) is 26.0 Å². The van der Waals surface area contributed by atoms with Crippen molar-refractivity contribution in [3.8, 4) is 23.3 Å². The minimum absolute atomic E-state index is 0.0728. The van der Waals surface area contributed by atoms with Gasteiger partial charge < -0.3 is 30.3 Å². The number of ketones is 1. The normalized spacial score (nSPS) is 13.7. The number of pyridine rings is 1. The largest absolute Gasteiger partial charge is 0.494 e. The molecule has 1 aliphatic heterocycles. The first-order chi connectivity index (χ1) is 17.7. The van der Waals surface area contributed by atoms with Crippen molar-refractivity contribution in [3.63, 3.8) is 0 Å². The van der Waals surface area contributed by atoms with Gasteiger partial charge in [0.1, 0.15) is 5.69 Å². The molecule has 1 unspecified atom stereocenters. The fourth-order valence-corrected chi connectivity index (χ4v) is 4.09. The van der Waals surface area contributed by atoms with Gasteiger partial charge in [-0.2, -0.15) is 0 Å². The number of ether oxygens (including phenoxy) is 2. The smallest absolute Gasteiger partial charge is 0.270 e. The highest BCUT2D eigenvalue weighted by atomic mass is 16.7. The molecule has 3 aromatic rings. The highest BCUT2D eigenvalue weighted by molar-refractivity contribution is 6.05. The van der Waals surface area contributed by atoms with Crippen molar-refractivity contribution in [1.29, 1.82) is 0 Å². The molecule has 0 saturated heterocycles. The van der Waals surface area contributed by atoms with Crippen LogP contribution in [-0.4, -0.2) is 50.6 Å². The number of rotatable bonds is 9. The van der Waals surface area contributed by atoms with Crippen LogP contribution in [0.5, 0.6) is 23.3 Å². The molecule has 1 aliphatic rings. The fourth-order valence-electron chi connectivity index (χ4n) is 4.09. The maximum absolute atomic E-state index is 13.2. The van der Waals surface area contributed by atoms with Crippen LogP contribution in [0.2, 0.25) is 0 Å². The molecule has 11 heteroatoms. The molecule has 5 N–H and O–H groups in total. The van der Waals surface area contributed by atoms with E-state index in [9.17, 15) is 24.6 Å². The van der Waals surface area contributed by atoms with Crippen LogP contribution in [0, 0.1) is 12.8 Å². The Balaban J connectivity index is 1.56. The third-order valence-corrected chi connectivity index (χ3v) is 6.11. The predicted molar refractivity (Wildman–Crippen MR) is 132 cm³/mol. The minimum atomic E-state index is -0.990. The Bertz CT molecular complexity index is 1320. The lowest BCUT2D eigenvalue weighted by Gasteiger charge is -2.24. The molecule has 2 aromatic heterocycles. The molecule has 4 rings (SSSR count). The number of hydrogen-bond acceptors (Lipinski definition) is 8. The van der Waals surface area contributed by atoms with E-state index >= 15 is 0 Å². The summed E-state index contributed by atoms with van der Waals surface area (Å²) in [6, 6.07) is 8.26. The molecule has 0 radical (unpaired) electrons. The van der Waals surface area contributed by atoms with Crippen molar-refractivity contribution in [1.82, 2.24) is 20.6 Å². The summed E-state index contributed by atoms with van der Waals surface area (Å²) < 4.78 is 10.8. The zero-order valence-electron chi connectivity index (χ0n) is 20.6. The highest BCUT2D eigenvalue weighted by Gasteiger charge is 2.32. The van der Waals surface area contributed by atoms with Crippen LogP contribution in [0.4, 0.5) is 0 Å². The summed E-state index contributed by atoms with van der Waals surface area (Å²) in [7, 11) is 0. The highest BCUT2D eigenvalue weighted by Crippen LogP contribution is 2.35. The van der Waals surface area contributed by atoms with Crippen LogP contribution in [-0.2, 0) is 4.79 Å². The molecule has 2 atom stereocenters. The number of benzene rings is 1. The third-order valence-electron chi connectivity index (χ3n) is 6.11. The Morgan fingerprint density at radius 2 is 1.81 bits per heavy atom. The number of aromatic hydroxyl groups is 2. The van der Waals surface area contributed by atoms with Crippen LogP contribution in [0.3, 0.4) is 0 Å². The standard InChI is InChI=1S/C26H28N4O7/c1-13(2)22(23(32)21-14(3)24(33)30-26(21)35)29-20(31)11-17(28-25(34)16-6-4-5-9-27-16)15-7-8-18-19(10-15)37-12-36-18/h4-10,13,17,22,30,33,35H,11-12H2,1-3H3,(H,28,34)(H,29,31)/t17?,22-/m1/s1. The van der Waals surface area contributed by atoms with Crippen LogP contribution in [0.1, 0.15) is 58.3 Å². The Morgan fingerprint density at radius 3 is 2.46 bits per heavy atom. The first-order valence-electron chi connectivity index (χ1n) is 11.7. The molecular formula is C26H28N4O7. The van der Waals surface area contributed by atoms with E-state index in [1.165, 1.54) is 13.1 Å². The first-order valence-corrected chi connectivity index (χ1v) is 11.7. The summed E-state index contributed by atoms with van der Waals surface area (Å²) in [5, 5.41) is 25.5. The number of aromatic amines is 1. The second kappa shape index (κ2) is 10.6. The van der Waals surface area contributed by atoms with Crippen LogP contribution in [0.25, 0.3) is 0 Å². The Labute approximate surface area is 212 Å². The van der Waals surface area contributed by atoms with E-state index in [0.29, 0.717) is 17.1 Å². The average molecular weight is 509 g/mol. The van der Waals surface area contributed by atoms with Gasteiger partial charge in [-0.25, -0.2) is 0 Å². The molecule has 0 saturated carbocycles. The lowest BCUT2D eigenvalue weighted by atomic mass is 9.93. The van der Waals surface area contributed by atoms with Crippen molar-refractivity contribution < 1.29 is 34.1 Å². The summed E-state index contributed by atoms with van der Waals surface area (Å²) in [5.74, 6) is -1.62. The van der Waals surface area contributed by atoms with Gasteiger partial charge in [0.25, 0.3) is 5.91 Å². The average Bonchev–Trinajstić information content (AvgIpc) is 3.44. The molecule has 194 valence electrons. The van der Waals surface area contributed by atoms with E-state index in [-0.39, 0.29) is 41.8 Å². The van der Waals surface area contributed by atoms with Gasteiger partial charge in [0.05, 0.1) is 24.1 Å². The molecule has 11 nitrogen and oxygen atoms in total. The molecule has 0 aliphatic carbocycles. The van der Waals surface area contributed by atoms with Crippen molar-refractivity contribution >= 4 is 17.6 Å². The molecular weight excluding hydrogens is 480 g/mol. The van der Waals surface area contributed by atoms with Gasteiger partial charge in [-0.05, 0) is 42.7 Å². The quantitative estimate of drug-likeness (QED) is 0.276. The lowest BCUT2D eigenvalue weighted by Crippen LogP contribution is -2.45.